The Labute approximate surface area is 135 Å². The second kappa shape index (κ2) is 6.28. The molecule has 122 valence electrons. The number of hydrogen-bond acceptors (Lipinski definition) is 4. The normalized spacial score (nSPS) is 19.3. The van der Waals surface area contributed by atoms with E-state index >= 15 is 0 Å². The fraction of sp³-hybridized carbons (Fsp3) is 0.600. The van der Waals surface area contributed by atoms with E-state index in [0.717, 1.165) is 0 Å². The van der Waals surface area contributed by atoms with Crippen molar-refractivity contribution in [3.05, 3.63) is 23.2 Å². The van der Waals surface area contributed by atoms with Crippen LogP contribution in [0, 0.1) is 5.82 Å². The van der Waals surface area contributed by atoms with Gasteiger partial charge in [0.2, 0.25) is 0 Å². The Hall–Kier alpha value is -1.56. The van der Waals surface area contributed by atoms with Crippen molar-refractivity contribution < 1.29 is 13.9 Å². The highest BCUT2D eigenvalue weighted by Crippen LogP contribution is 2.23. The summed E-state index contributed by atoms with van der Waals surface area (Å²) in [6.45, 7) is 9.15. The highest BCUT2D eigenvalue weighted by atomic mass is 35.5. The molecule has 1 atom stereocenters. The second-order valence-corrected chi connectivity index (χ2v) is 6.79. The number of amides is 1. The lowest BCUT2D eigenvalue weighted by atomic mass is 10.1. The predicted octanol–water partition coefficient (Wildman–Crippen LogP) is 3.32. The van der Waals surface area contributed by atoms with E-state index in [1.165, 1.54) is 6.07 Å². The molecule has 0 bridgehead atoms. The fourth-order valence-electron chi connectivity index (χ4n) is 2.37. The third-order valence-corrected chi connectivity index (χ3v) is 3.68. The standard InChI is InChI=1S/C15H21ClFN3O2/c1-10-9-19(11-7-12(17)13(16)18-8-11)5-6-20(10)14(21)22-15(2,3)4/h7-8,10H,5-6,9H2,1-4H3. The highest BCUT2D eigenvalue weighted by molar-refractivity contribution is 6.29. The molecule has 0 N–H and O–H groups in total. The number of carbonyl (C=O) groups is 1. The van der Waals surface area contributed by atoms with Crippen LogP contribution in [0.3, 0.4) is 0 Å². The van der Waals surface area contributed by atoms with Gasteiger partial charge in [-0.3, -0.25) is 0 Å². The first-order valence-corrected chi connectivity index (χ1v) is 7.61. The van der Waals surface area contributed by atoms with Gasteiger partial charge in [-0.1, -0.05) is 11.6 Å². The number of rotatable bonds is 1. The van der Waals surface area contributed by atoms with Gasteiger partial charge in [0.05, 0.1) is 11.9 Å². The van der Waals surface area contributed by atoms with Crippen LogP contribution in [-0.2, 0) is 4.74 Å². The van der Waals surface area contributed by atoms with E-state index in [1.54, 1.807) is 11.1 Å². The largest absolute Gasteiger partial charge is 0.444 e. The van der Waals surface area contributed by atoms with Crippen molar-refractivity contribution in [2.45, 2.75) is 39.3 Å². The number of ether oxygens (including phenoxy) is 1. The first-order chi connectivity index (χ1) is 10.2. The van der Waals surface area contributed by atoms with E-state index in [-0.39, 0.29) is 17.3 Å². The van der Waals surface area contributed by atoms with Crippen LogP contribution in [0.5, 0.6) is 0 Å². The van der Waals surface area contributed by atoms with Gasteiger partial charge in [-0.25, -0.2) is 14.2 Å². The van der Waals surface area contributed by atoms with Crippen LogP contribution in [0.15, 0.2) is 12.3 Å². The molecule has 7 heteroatoms. The lowest BCUT2D eigenvalue weighted by molar-refractivity contribution is 0.0159. The first-order valence-electron chi connectivity index (χ1n) is 7.23. The van der Waals surface area contributed by atoms with Crippen molar-refractivity contribution in [1.82, 2.24) is 9.88 Å². The molecule has 1 amide bonds. The minimum Gasteiger partial charge on any atom is -0.444 e. The summed E-state index contributed by atoms with van der Waals surface area (Å²) in [7, 11) is 0. The molecule has 0 aromatic carbocycles. The number of nitrogens with zero attached hydrogens (tertiary/aromatic N) is 3. The van der Waals surface area contributed by atoms with Crippen LogP contribution in [0.4, 0.5) is 14.9 Å². The average molecular weight is 330 g/mol. The molecule has 5 nitrogen and oxygen atoms in total. The zero-order chi connectivity index (χ0) is 16.5. The van der Waals surface area contributed by atoms with Crippen molar-refractivity contribution in [2.75, 3.05) is 24.5 Å². The SMILES string of the molecule is CC1CN(c2cnc(Cl)c(F)c2)CCN1C(=O)OC(C)(C)C. The van der Waals surface area contributed by atoms with Crippen molar-refractivity contribution in [3.8, 4) is 0 Å². The summed E-state index contributed by atoms with van der Waals surface area (Å²) in [6, 6.07) is 1.33. The summed E-state index contributed by atoms with van der Waals surface area (Å²) in [5.41, 5.74) is 0.148. The Morgan fingerprint density at radius 1 is 1.45 bits per heavy atom. The summed E-state index contributed by atoms with van der Waals surface area (Å²) in [5.74, 6) is -0.540. The predicted molar refractivity (Wildman–Crippen MR) is 83.8 cm³/mol. The van der Waals surface area contributed by atoms with Gasteiger partial charge in [0, 0.05) is 31.7 Å². The summed E-state index contributed by atoms with van der Waals surface area (Å²) in [6.07, 6.45) is 1.22. The number of halogens is 2. The maximum absolute atomic E-state index is 13.5. The molecule has 2 heterocycles. The molecular formula is C15H21ClFN3O2. The number of anilines is 1. The van der Waals surface area contributed by atoms with Crippen LogP contribution in [0.2, 0.25) is 5.15 Å². The molecule has 22 heavy (non-hydrogen) atoms. The van der Waals surface area contributed by atoms with E-state index in [4.69, 9.17) is 16.3 Å². The van der Waals surface area contributed by atoms with Crippen molar-refractivity contribution >= 4 is 23.4 Å². The van der Waals surface area contributed by atoms with Crippen LogP contribution in [-0.4, -0.2) is 47.3 Å². The second-order valence-electron chi connectivity index (χ2n) is 6.43. The number of aromatic nitrogens is 1. The number of hydrogen-bond donors (Lipinski definition) is 0. The number of pyridine rings is 1. The molecule has 1 fully saturated rings. The minimum atomic E-state index is -0.540. The minimum absolute atomic E-state index is 0.0395. The maximum atomic E-state index is 13.5. The smallest absolute Gasteiger partial charge is 0.410 e. The van der Waals surface area contributed by atoms with E-state index in [0.29, 0.717) is 25.3 Å². The molecule has 1 aliphatic heterocycles. The third-order valence-electron chi connectivity index (χ3n) is 3.40. The molecule has 1 saturated heterocycles. The van der Waals surface area contributed by atoms with Crippen molar-refractivity contribution in [1.29, 1.82) is 0 Å². The number of piperazine rings is 1. The van der Waals surface area contributed by atoms with Gasteiger partial charge in [0.15, 0.2) is 11.0 Å². The fourth-order valence-corrected chi connectivity index (χ4v) is 2.47. The Kier molecular flexibility index (Phi) is 4.80. The maximum Gasteiger partial charge on any atom is 0.410 e. The van der Waals surface area contributed by atoms with Crippen LogP contribution < -0.4 is 4.90 Å². The topological polar surface area (TPSA) is 45.7 Å². The molecular weight excluding hydrogens is 309 g/mol. The highest BCUT2D eigenvalue weighted by Gasteiger charge is 2.31. The molecule has 0 aliphatic carbocycles. The van der Waals surface area contributed by atoms with Gasteiger partial charge < -0.3 is 14.5 Å². The third kappa shape index (κ3) is 4.00. The van der Waals surface area contributed by atoms with E-state index < -0.39 is 11.4 Å². The Morgan fingerprint density at radius 2 is 2.14 bits per heavy atom. The van der Waals surface area contributed by atoms with Crippen LogP contribution in [0.1, 0.15) is 27.7 Å². The number of carbonyl (C=O) groups excluding carboxylic acids is 1. The Morgan fingerprint density at radius 3 is 2.68 bits per heavy atom. The van der Waals surface area contributed by atoms with Gasteiger partial charge in [-0.2, -0.15) is 0 Å². The van der Waals surface area contributed by atoms with Crippen LogP contribution >= 0.6 is 11.6 Å². The average Bonchev–Trinajstić information content (AvgIpc) is 2.39. The van der Waals surface area contributed by atoms with E-state index in [9.17, 15) is 9.18 Å². The Bertz CT molecular complexity index is 562. The lowest BCUT2D eigenvalue weighted by Gasteiger charge is -2.41. The van der Waals surface area contributed by atoms with Gasteiger partial charge in [0.1, 0.15) is 5.60 Å². The monoisotopic (exact) mass is 329 g/mol. The van der Waals surface area contributed by atoms with Crippen molar-refractivity contribution in [2.24, 2.45) is 0 Å². The molecule has 1 aliphatic rings. The first kappa shape index (κ1) is 16.8. The molecule has 0 spiro atoms. The molecule has 2 rings (SSSR count). The van der Waals surface area contributed by atoms with Gasteiger partial charge in [-0.15, -0.1) is 0 Å². The summed E-state index contributed by atoms with van der Waals surface area (Å²) in [5, 5.41) is -0.135. The van der Waals surface area contributed by atoms with Crippen LogP contribution in [0.25, 0.3) is 0 Å². The summed E-state index contributed by atoms with van der Waals surface area (Å²) < 4.78 is 18.9. The molecule has 1 unspecified atom stereocenters. The molecule has 0 radical (unpaired) electrons. The van der Waals surface area contributed by atoms with E-state index in [1.807, 2.05) is 32.6 Å². The Balaban J connectivity index is 2.03. The molecule has 1 aromatic heterocycles. The quantitative estimate of drug-likeness (QED) is 0.741. The lowest BCUT2D eigenvalue weighted by Crippen LogP contribution is -2.55. The van der Waals surface area contributed by atoms with E-state index in [2.05, 4.69) is 4.98 Å². The van der Waals surface area contributed by atoms with Crippen molar-refractivity contribution in [3.63, 3.8) is 0 Å². The zero-order valence-corrected chi connectivity index (χ0v) is 14.0. The summed E-state index contributed by atoms with van der Waals surface area (Å²) in [4.78, 5) is 19.7. The summed E-state index contributed by atoms with van der Waals surface area (Å²) >= 11 is 5.60. The van der Waals surface area contributed by atoms with Gasteiger partial charge in [0.25, 0.3) is 0 Å². The van der Waals surface area contributed by atoms with Gasteiger partial charge in [-0.05, 0) is 27.7 Å². The molecule has 0 saturated carbocycles. The zero-order valence-electron chi connectivity index (χ0n) is 13.3. The van der Waals surface area contributed by atoms with Gasteiger partial charge >= 0.3 is 6.09 Å². The molecule has 1 aromatic rings.